The van der Waals surface area contributed by atoms with Crippen LogP contribution in [0.5, 0.6) is 0 Å². The first-order chi connectivity index (χ1) is 14.2. The molecule has 4 rings (SSSR count). The Morgan fingerprint density at radius 1 is 1.17 bits per heavy atom. The van der Waals surface area contributed by atoms with Crippen LogP contribution in [0.25, 0.3) is 5.82 Å². The van der Waals surface area contributed by atoms with Gasteiger partial charge in [-0.15, -0.1) is 0 Å². The monoisotopic (exact) mass is 411 g/mol. The lowest BCUT2D eigenvalue weighted by Crippen LogP contribution is -2.43. The van der Waals surface area contributed by atoms with Gasteiger partial charge in [0.1, 0.15) is 24.8 Å². The zero-order valence-electron chi connectivity index (χ0n) is 15.9. The average molecular weight is 412 g/mol. The molecule has 0 aliphatic carbocycles. The topological polar surface area (TPSA) is 88.8 Å². The predicted molar refractivity (Wildman–Crippen MR) is 110 cm³/mol. The number of rotatable bonds is 6. The lowest BCUT2D eigenvalue weighted by Gasteiger charge is -2.32. The van der Waals surface area contributed by atoms with Crippen molar-refractivity contribution in [3.05, 3.63) is 59.9 Å². The van der Waals surface area contributed by atoms with Crippen molar-refractivity contribution in [2.24, 2.45) is 5.92 Å². The molecule has 3 heterocycles. The summed E-state index contributed by atoms with van der Waals surface area (Å²) in [6.07, 6.45) is 7.18. The molecule has 1 aliphatic rings. The van der Waals surface area contributed by atoms with E-state index in [9.17, 15) is 4.79 Å². The van der Waals surface area contributed by atoms with Crippen LogP contribution in [0.1, 0.15) is 18.4 Å². The fraction of sp³-hybridized carbons (Fsp3) is 0.350. The molecule has 150 valence electrons. The molecule has 1 amide bonds. The van der Waals surface area contributed by atoms with Crippen molar-refractivity contribution in [2.75, 3.05) is 24.5 Å². The standard InChI is InChI=1S/C20H22ClN7O/c21-17-5-3-15(4-6-17)7-8-23-20(29)16-2-1-9-27(11-16)18-10-19(25-13-24-18)28-14-22-12-26-28/h3-6,10,12-14,16H,1-2,7-9,11H2,(H,23,29). The third kappa shape index (κ3) is 4.89. The number of nitrogens with zero attached hydrogens (tertiary/aromatic N) is 6. The zero-order valence-corrected chi connectivity index (χ0v) is 16.7. The molecule has 0 bridgehead atoms. The quantitative estimate of drug-likeness (QED) is 0.669. The van der Waals surface area contributed by atoms with Gasteiger partial charge in [0.15, 0.2) is 5.82 Å². The van der Waals surface area contributed by atoms with E-state index in [1.807, 2.05) is 30.3 Å². The third-order valence-corrected chi connectivity index (χ3v) is 5.29. The number of hydrogen-bond acceptors (Lipinski definition) is 6. The minimum absolute atomic E-state index is 0.0567. The molecule has 0 spiro atoms. The highest BCUT2D eigenvalue weighted by Gasteiger charge is 2.26. The van der Waals surface area contributed by atoms with Crippen molar-refractivity contribution in [1.29, 1.82) is 0 Å². The number of halogens is 1. The van der Waals surface area contributed by atoms with E-state index in [0.29, 0.717) is 18.9 Å². The van der Waals surface area contributed by atoms with Gasteiger partial charge in [0.2, 0.25) is 5.91 Å². The molecule has 3 aromatic rings. The minimum atomic E-state index is -0.0567. The van der Waals surface area contributed by atoms with Crippen LogP contribution >= 0.6 is 11.6 Å². The summed E-state index contributed by atoms with van der Waals surface area (Å²) in [7, 11) is 0. The molecule has 0 saturated carbocycles. The van der Waals surface area contributed by atoms with Crippen LogP contribution in [0, 0.1) is 5.92 Å². The van der Waals surface area contributed by atoms with Gasteiger partial charge in [-0.1, -0.05) is 23.7 Å². The van der Waals surface area contributed by atoms with Crippen molar-refractivity contribution in [2.45, 2.75) is 19.3 Å². The van der Waals surface area contributed by atoms with Crippen LogP contribution in [0.4, 0.5) is 5.82 Å². The molecule has 0 radical (unpaired) electrons. The Kier molecular flexibility index (Phi) is 6.00. The molecule has 29 heavy (non-hydrogen) atoms. The summed E-state index contributed by atoms with van der Waals surface area (Å²) in [4.78, 5) is 27.4. The fourth-order valence-electron chi connectivity index (χ4n) is 3.49. The van der Waals surface area contributed by atoms with Crippen molar-refractivity contribution >= 4 is 23.3 Å². The zero-order chi connectivity index (χ0) is 20.1. The van der Waals surface area contributed by atoms with E-state index in [4.69, 9.17) is 11.6 Å². The first-order valence-electron chi connectivity index (χ1n) is 9.63. The van der Waals surface area contributed by atoms with Crippen molar-refractivity contribution in [1.82, 2.24) is 30.0 Å². The number of carbonyl (C=O) groups is 1. The second kappa shape index (κ2) is 9.00. The summed E-state index contributed by atoms with van der Waals surface area (Å²) in [5, 5.41) is 7.89. The number of aromatic nitrogens is 5. The van der Waals surface area contributed by atoms with Gasteiger partial charge in [0.25, 0.3) is 0 Å². The summed E-state index contributed by atoms with van der Waals surface area (Å²) < 4.78 is 1.59. The van der Waals surface area contributed by atoms with Crippen molar-refractivity contribution < 1.29 is 4.79 Å². The van der Waals surface area contributed by atoms with E-state index in [1.54, 1.807) is 11.0 Å². The van der Waals surface area contributed by atoms with E-state index in [1.165, 1.54) is 12.7 Å². The van der Waals surface area contributed by atoms with Crippen LogP contribution in [-0.4, -0.2) is 50.3 Å². The maximum absolute atomic E-state index is 12.7. The number of nitrogens with one attached hydrogen (secondary N) is 1. The Morgan fingerprint density at radius 3 is 2.79 bits per heavy atom. The molecule has 1 fully saturated rings. The van der Waals surface area contributed by atoms with Gasteiger partial charge in [-0.2, -0.15) is 5.10 Å². The van der Waals surface area contributed by atoms with Crippen LogP contribution in [0.3, 0.4) is 0 Å². The molecule has 1 saturated heterocycles. The molecule has 1 aliphatic heterocycles. The first-order valence-corrected chi connectivity index (χ1v) is 10.0. The van der Waals surface area contributed by atoms with Gasteiger partial charge in [-0.3, -0.25) is 4.79 Å². The van der Waals surface area contributed by atoms with Crippen LogP contribution in [-0.2, 0) is 11.2 Å². The molecular formula is C20H22ClN7O. The molecule has 1 N–H and O–H groups in total. The first kappa shape index (κ1) is 19.3. The van der Waals surface area contributed by atoms with E-state index in [-0.39, 0.29) is 11.8 Å². The Bertz CT molecular complexity index is 946. The highest BCUT2D eigenvalue weighted by molar-refractivity contribution is 6.30. The van der Waals surface area contributed by atoms with Gasteiger partial charge < -0.3 is 10.2 Å². The Hall–Kier alpha value is -3.00. The third-order valence-electron chi connectivity index (χ3n) is 5.03. The number of hydrogen-bond donors (Lipinski definition) is 1. The Balaban J connectivity index is 1.33. The van der Waals surface area contributed by atoms with Crippen LogP contribution < -0.4 is 10.2 Å². The molecule has 1 atom stereocenters. The SMILES string of the molecule is O=C(NCCc1ccc(Cl)cc1)C1CCCN(c2cc(-n3cncn3)ncn2)C1. The minimum Gasteiger partial charge on any atom is -0.356 e. The van der Waals surface area contributed by atoms with Gasteiger partial charge in [-0.05, 0) is 37.0 Å². The molecule has 9 heteroatoms. The summed E-state index contributed by atoms with van der Waals surface area (Å²) >= 11 is 5.91. The molecular weight excluding hydrogens is 390 g/mol. The summed E-state index contributed by atoms with van der Waals surface area (Å²) in [5.74, 6) is 1.49. The van der Waals surface area contributed by atoms with Gasteiger partial charge in [0.05, 0.1) is 5.92 Å². The highest BCUT2D eigenvalue weighted by atomic mass is 35.5. The second-order valence-corrected chi connectivity index (χ2v) is 7.46. The van der Waals surface area contributed by atoms with Gasteiger partial charge in [-0.25, -0.2) is 19.6 Å². The van der Waals surface area contributed by atoms with Gasteiger partial charge in [0, 0.05) is 30.7 Å². The van der Waals surface area contributed by atoms with Crippen LogP contribution in [0.15, 0.2) is 49.3 Å². The average Bonchev–Trinajstić information content (AvgIpc) is 3.30. The maximum Gasteiger partial charge on any atom is 0.224 e. The second-order valence-electron chi connectivity index (χ2n) is 7.03. The highest BCUT2D eigenvalue weighted by Crippen LogP contribution is 2.22. The van der Waals surface area contributed by atoms with Crippen molar-refractivity contribution in [3.63, 3.8) is 0 Å². The number of amides is 1. The normalized spacial score (nSPS) is 16.6. The Labute approximate surface area is 173 Å². The molecule has 1 aromatic carbocycles. The van der Waals surface area contributed by atoms with E-state index in [0.717, 1.165) is 42.2 Å². The largest absolute Gasteiger partial charge is 0.356 e. The molecule has 8 nitrogen and oxygen atoms in total. The van der Waals surface area contributed by atoms with Gasteiger partial charge >= 0.3 is 0 Å². The summed E-state index contributed by atoms with van der Waals surface area (Å²) in [6, 6.07) is 9.58. The number of piperidine rings is 1. The number of carbonyl (C=O) groups excluding carboxylic acids is 1. The fourth-order valence-corrected chi connectivity index (χ4v) is 3.61. The number of benzene rings is 1. The smallest absolute Gasteiger partial charge is 0.224 e. The van der Waals surface area contributed by atoms with Crippen LogP contribution in [0.2, 0.25) is 5.02 Å². The number of anilines is 1. The lowest BCUT2D eigenvalue weighted by atomic mass is 9.97. The summed E-state index contributed by atoms with van der Waals surface area (Å²) in [6.45, 7) is 2.11. The lowest BCUT2D eigenvalue weighted by molar-refractivity contribution is -0.125. The summed E-state index contributed by atoms with van der Waals surface area (Å²) in [5.41, 5.74) is 1.15. The Morgan fingerprint density at radius 2 is 2.00 bits per heavy atom. The van der Waals surface area contributed by atoms with E-state index in [2.05, 4.69) is 30.3 Å². The van der Waals surface area contributed by atoms with E-state index < -0.39 is 0 Å². The van der Waals surface area contributed by atoms with E-state index >= 15 is 0 Å². The molecule has 2 aromatic heterocycles. The predicted octanol–water partition coefficient (Wildman–Crippen LogP) is 2.29. The maximum atomic E-state index is 12.7. The van der Waals surface area contributed by atoms with Crippen molar-refractivity contribution in [3.8, 4) is 5.82 Å². The molecule has 1 unspecified atom stereocenters.